The third-order valence-corrected chi connectivity index (χ3v) is 2.72. The molecule has 0 spiro atoms. The molecule has 0 radical (unpaired) electrons. The third kappa shape index (κ3) is 2.81. The average Bonchev–Trinajstić information content (AvgIpc) is 2.46. The van der Waals surface area contributed by atoms with Crippen molar-refractivity contribution >= 4 is 0 Å². The Bertz CT molecular complexity index is 485. The summed E-state index contributed by atoms with van der Waals surface area (Å²) in [4.78, 5) is 0. The van der Waals surface area contributed by atoms with Crippen molar-refractivity contribution in [3.8, 4) is 11.5 Å². The van der Waals surface area contributed by atoms with Crippen LogP contribution < -0.4 is 15.2 Å². The summed E-state index contributed by atoms with van der Waals surface area (Å²) in [6, 6.07) is 17.4. The van der Waals surface area contributed by atoms with Crippen molar-refractivity contribution < 1.29 is 9.47 Å². The van der Waals surface area contributed by atoms with Crippen LogP contribution in [-0.2, 0) is 0 Å². The van der Waals surface area contributed by atoms with Crippen LogP contribution in [0.2, 0.25) is 0 Å². The Balaban J connectivity index is 2.23. The number of benzene rings is 2. The van der Waals surface area contributed by atoms with Crippen molar-refractivity contribution in [2.75, 3.05) is 13.7 Å². The number of methoxy groups -OCH3 is 1. The van der Waals surface area contributed by atoms with E-state index >= 15 is 0 Å². The lowest BCUT2D eigenvalue weighted by Crippen LogP contribution is -2.19. The molecule has 0 heterocycles. The number of nitrogens with two attached hydrogens (primary N) is 1. The highest BCUT2D eigenvalue weighted by Crippen LogP contribution is 2.28. The van der Waals surface area contributed by atoms with E-state index in [1.165, 1.54) is 0 Å². The fraction of sp³-hybridized carbons (Fsp3) is 0.200. The number of hydrogen-bond acceptors (Lipinski definition) is 3. The first kappa shape index (κ1) is 12.5. The van der Waals surface area contributed by atoms with Crippen LogP contribution in [0.15, 0.2) is 54.6 Å². The van der Waals surface area contributed by atoms with Gasteiger partial charge < -0.3 is 15.2 Å². The standard InChI is InChI=1S/C15H17NO2/c1-17-14-10-6-5-9-13(14)15(11-16)18-12-7-3-2-4-8-12/h2-10,15H,11,16H2,1H3. The third-order valence-electron chi connectivity index (χ3n) is 2.72. The van der Waals surface area contributed by atoms with E-state index in [0.29, 0.717) is 6.54 Å². The van der Waals surface area contributed by atoms with Gasteiger partial charge in [0.15, 0.2) is 0 Å². The second-order valence-electron chi connectivity index (χ2n) is 3.90. The largest absolute Gasteiger partial charge is 0.496 e. The van der Waals surface area contributed by atoms with Crippen molar-refractivity contribution in [1.82, 2.24) is 0 Å². The zero-order chi connectivity index (χ0) is 12.8. The second-order valence-corrected chi connectivity index (χ2v) is 3.90. The van der Waals surface area contributed by atoms with E-state index in [4.69, 9.17) is 15.2 Å². The first-order valence-corrected chi connectivity index (χ1v) is 5.90. The predicted molar refractivity (Wildman–Crippen MR) is 71.9 cm³/mol. The van der Waals surface area contributed by atoms with E-state index in [2.05, 4.69) is 0 Å². The summed E-state index contributed by atoms with van der Waals surface area (Å²) < 4.78 is 11.2. The fourth-order valence-electron chi connectivity index (χ4n) is 1.83. The molecule has 3 heteroatoms. The minimum Gasteiger partial charge on any atom is -0.496 e. The maximum absolute atomic E-state index is 5.89. The molecule has 0 aromatic heterocycles. The summed E-state index contributed by atoms with van der Waals surface area (Å²) in [5, 5.41) is 0. The van der Waals surface area contributed by atoms with E-state index in [1.807, 2.05) is 54.6 Å². The molecule has 0 fully saturated rings. The van der Waals surface area contributed by atoms with Gasteiger partial charge in [-0.2, -0.15) is 0 Å². The molecule has 1 unspecified atom stereocenters. The van der Waals surface area contributed by atoms with Crippen molar-refractivity contribution in [3.63, 3.8) is 0 Å². The van der Waals surface area contributed by atoms with Crippen LogP contribution in [-0.4, -0.2) is 13.7 Å². The molecule has 2 N–H and O–H groups in total. The zero-order valence-electron chi connectivity index (χ0n) is 10.4. The molecule has 94 valence electrons. The van der Waals surface area contributed by atoms with Crippen molar-refractivity contribution in [3.05, 3.63) is 60.2 Å². The Labute approximate surface area is 107 Å². The number of hydrogen-bond donors (Lipinski definition) is 1. The van der Waals surface area contributed by atoms with E-state index in [1.54, 1.807) is 7.11 Å². The monoisotopic (exact) mass is 243 g/mol. The lowest BCUT2D eigenvalue weighted by molar-refractivity contribution is 0.209. The van der Waals surface area contributed by atoms with Crippen LogP contribution in [0, 0.1) is 0 Å². The highest BCUT2D eigenvalue weighted by molar-refractivity contribution is 5.36. The van der Waals surface area contributed by atoms with Gasteiger partial charge in [0.1, 0.15) is 17.6 Å². The van der Waals surface area contributed by atoms with Gasteiger partial charge >= 0.3 is 0 Å². The van der Waals surface area contributed by atoms with Crippen LogP contribution >= 0.6 is 0 Å². The maximum Gasteiger partial charge on any atom is 0.139 e. The van der Waals surface area contributed by atoms with Gasteiger partial charge in [-0.05, 0) is 18.2 Å². The molecular formula is C15H17NO2. The predicted octanol–water partition coefficient (Wildman–Crippen LogP) is 2.77. The normalized spacial score (nSPS) is 11.9. The van der Waals surface area contributed by atoms with Gasteiger partial charge in [-0.15, -0.1) is 0 Å². The Hall–Kier alpha value is -2.00. The molecule has 2 aromatic carbocycles. The minimum atomic E-state index is -0.205. The summed E-state index contributed by atoms with van der Waals surface area (Å²) >= 11 is 0. The zero-order valence-corrected chi connectivity index (χ0v) is 10.4. The molecule has 2 rings (SSSR count). The molecule has 0 aliphatic rings. The smallest absolute Gasteiger partial charge is 0.139 e. The Morgan fingerprint density at radius 3 is 2.33 bits per heavy atom. The van der Waals surface area contributed by atoms with E-state index in [0.717, 1.165) is 17.1 Å². The Morgan fingerprint density at radius 2 is 1.67 bits per heavy atom. The molecule has 0 bridgehead atoms. The Kier molecular flexibility index (Phi) is 4.20. The lowest BCUT2D eigenvalue weighted by atomic mass is 10.1. The van der Waals surface area contributed by atoms with Gasteiger partial charge in [0.2, 0.25) is 0 Å². The van der Waals surface area contributed by atoms with Crippen molar-refractivity contribution in [1.29, 1.82) is 0 Å². The molecule has 18 heavy (non-hydrogen) atoms. The molecule has 0 saturated carbocycles. The van der Waals surface area contributed by atoms with Gasteiger partial charge in [0.05, 0.1) is 7.11 Å². The highest BCUT2D eigenvalue weighted by Gasteiger charge is 2.15. The highest BCUT2D eigenvalue weighted by atomic mass is 16.5. The topological polar surface area (TPSA) is 44.5 Å². The van der Waals surface area contributed by atoms with E-state index in [9.17, 15) is 0 Å². The Morgan fingerprint density at radius 1 is 1.00 bits per heavy atom. The maximum atomic E-state index is 5.89. The SMILES string of the molecule is COc1ccccc1C(CN)Oc1ccccc1. The quantitative estimate of drug-likeness (QED) is 0.878. The molecule has 3 nitrogen and oxygen atoms in total. The minimum absolute atomic E-state index is 0.205. The first-order chi connectivity index (χ1) is 8.85. The van der Waals surface area contributed by atoms with Crippen LogP contribution in [0.4, 0.5) is 0 Å². The number of para-hydroxylation sites is 2. The van der Waals surface area contributed by atoms with Crippen LogP contribution in [0.3, 0.4) is 0 Å². The van der Waals surface area contributed by atoms with E-state index in [-0.39, 0.29) is 6.10 Å². The molecule has 2 aromatic rings. The van der Waals surface area contributed by atoms with Crippen molar-refractivity contribution in [2.24, 2.45) is 5.73 Å². The van der Waals surface area contributed by atoms with Crippen LogP contribution in [0.5, 0.6) is 11.5 Å². The number of ether oxygens (including phenoxy) is 2. The summed E-state index contributed by atoms with van der Waals surface area (Å²) in [5.74, 6) is 1.60. The molecule has 0 amide bonds. The van der Waals surface area contributed by atoms with Crippen molar-refractivity contribution in [2.45, 2.75) is 6.10 Å². The van der Waals surface area contributed by atoms with Gasteiger partial charge in [0, 0.05) is 12.1 Å². The molecule has 0 saturated heterocycles. The molecule has 0 aliphatic heterocycles. The average molecular weight is 243 g/mol. The second kappa shape index (κ2) is 6.07. The van der Waals surface area contributed by atoms with Gasteiger partial charge in [-0.25, -0.2) is 0 Å². The fourth-order valence-corrected chi connectivity index (χ4v) is 1.83. The van der Waals surface area contributed by atoms with Crippen LogP contribution in [0.1, 0.15) is 11.7 Å². The molecule has 0 aliphatic carbocycles. The lowest BCUT2D eigenvalue weighted by Gasteiger charge is -2.20. The van der Waals surface area contributed by atoms with Crippen LogP contribution in [0.25, 0.3) is 0 Å². The number of rotatable bonds is 5. The summed E-state index contributed by atoms with van der Waals surface area (Å²) in [5.41, 5.74) is 6.76. The first-order valence-electron chi connectivity index (χ1n) is 5.90. The molecular weight excluding hydrogens is 226 g/mol. The van der Waals surface area contributed by atoms with Gasteiger partial charge in [0.25, 0.3) is 0 Å². The summed E-state index contributed by atoms with van der Waals surface area (Å²) in [7, 11) is 1.65. The van der Waals surface area contributed by atoms with E-state index < -0.39 is 0 Å². The van der Waals surface area contributed by atoms with Gasteiger partial charge in [-0.1, -0.05) is 36.4 Å². The van der Waals surface area contributed by atoms with Gasteiger partial charge in [-0.3, -0.25) is 0 Å². The summed E-state index contributed by atoms with van der Waals surface area (Å²) in [6.45, 7) is 0.398. The molecule has 1 atom stereocenters. The summed E-state index contributed by atoms with van der Waals surface area (Å²) in [6.07, 6.45) is -0.205.